The first kappa shape index (κ1) is 31.4. The lowest BCUT2D eigenvalue weighted by Gasteiger charge is -2.43. The van der Waals surface area contributed by atoms with Gasteiger partial charge in [0.2, 0.25) is 5.91 Å². The molecular weight excluding hydrogens is 562 g/mol. The number of nitrogens with one attached hydrogen (secondary N) is 2. The highest BCUT2D eigenvalue weighted by molar-refractivity contribution is 5.75. The monoisotopic (exact) mass is 605 g/mol. The highest BCUT2D eigenvalue weighted by atomic mass is 16.6. The van der Waals surface area contributed by atoms with Gasteiger partial charge in [-0.15, -0.1) is 5.10 Å². The van der Waals surface area contributed by atoms with Gasteiger partial charge in [0.15, 0.2) is 0 Å². The zero-order chi connectivity index (χ0) is 31.2. The number of hydrogen-bond donors (Lipinski definition) is 3. The van der Waals surface area contributed by atoms with Crippen molar-refractivity contribution in [1.82, 2.24) is 25.6 Å². The number of aliphatic hydroxyl groups excluding tert-OH is 1. The molecule has 11 heteroatoms. The average molecular weight is 606 g/mol. The van der Waals surface area contributed by atoms with E-state index in [0.29, 0.717) is 38.0 Å². The van der Waals surface area contributed by atoms with Crippen molar-refractivity contribution in [2.24, 2.45) is 23.7 Å². The topological polar surface area (TPSA) is 145 Å². The molecule has 1 aromatic carbocycles. The lowest BCUT2D eigenvalue weighted by atomic mass is 9.65. The van der Waals surface area contributed by atoms with Gasteiger partial charge in [0, 0.05) is 37.9 Å². The van der Waals surface area contributed by atoms with Gasteiger partial charge in [0.1, 0.15) is 17.9 Å². The van der Waals surface area contributed by atoms with Crippen molar-refractivity contribution >= 4 is 18.0 Å². The summed E-state index contributed by atoms with van der Waals surface area (Å²) in [4.78, 5) is 36.4. The van der Waals surface area contributed by atoms with Crippen LogP contribution in [0.25, 0.3) is 11.3 Å². The molecule has 0 radical (unpaired) electrons. The van der Waals surface area contributed by atoms with E-state index in [4.69, 9.17) is 9.47 Å². The normalized spacial score (nSPS) is 28.0. The maximum Gasteiger partial charge on any atom is 0.407 e. The van der Waals surface area contributed by atoms with Crippen molar-refractivity contribution in [3.8, 4) is 11.3 Å². The van der Waals surface area contributed by atoms with Gasteiger partial charge < -0.3 is 25.2 Å². The molecule has 11 nitrogen and oxygen atoms in total. The van der Waals surface area contributed by atoms with Crippen LogP contribution < -0.4 is 10.6 Å². The maximum absolute atomic E-state index is 13.0. The Bertz CT molecular complexity index is 1390. The SMILES string of the molecule is CNC(=O)CCn1cc(-c2ccc(CNC(=O)O[C@H]3C[C@@H](C)C=C4C=C[C@H](C)[C@H](CC[C@@H]5C[C@@H](O)CC(=O)O5)[C@H]43)cc2)nn1. The van der Waals surface area contributed by atoms with Crippen molar-refractivity contribution in [2.75, 3.05) is 7.05 Å². The molecule has 2 amide bonds. The predicted molar refractivity (Wildman–Crippen MR) is 163 cm³/mol. The molecule has 3 aliphatic rings. The third-order valence-corrected chi connectivity index (χ3v) is 8.98. The summed E-state index contributed by atoms with van der Waals surface area (Å²) in [7, 11) is 1.61. The molecule has 0 spiro atoms. The standard InChI is InChI=1S/C33H43N5O6/c1-20-14-24-7-4-21(2)27(11-10-26-16-25(39)17-31(41)43-26)32(24)29(15-20)44-33(42)35-18-22-5-8-23(9-6-22)28-19-38(37-36-28)13-12-30(40)34-3/h4-9,14,19-21,25-27,29,32,39H,10-13,15-18H2,1-3H3,(H,34,40)(H,35,42)/t20-,21-,25+,26+,27-,29-,32-/m0/s1. The highest BCUT2D eigenvalue weighted by Gasteiger charge is 2.42. The molecule has 5 rings (SSSR count). The first-order chi connectivity index (χ1) is 21.2. The molecule has 1 aliphatic heterocycles. The molecule has 1 fully saturated rings. The number of fused-ring (bicyclic) bond motifs is 1. The molecule has 0 bridgehead atoms. The summed E-state index contributed by atoms with van der Waals surface area (Å²) >= 11 is 0. The zero-order valence-electron chi connectivity index (χ0n) is 25.6. The van der Waals surface area contributed by atoms with Crippen LogP contribution in [0.3, 0.4) is 0 Å². The Morgan fingerprint density at radius 1 is 1.16 bits per heavy atom. The van der Waals surface area contributed by atoms with Gasteiger partial charge in [-0.3, -0.25) is 14.3 Å². The Morgan fingerprint density at radius 2 is 1.95 bits per heavy atom. The number of hydrogen-bond acceptors (Lipinski definition) is 8. The van der Waals surface area contributed by atoms with Crippen molar-refractivity contribution in [3.05, 3.63) is 59.8 Å². The summed E-state index contributed by atoms with van der Waals surface area (Å²) in [5.41, 5.74) is 3.72. The first-order valence-electron chi connectivity index (χ1n) is 15.6. The van der Waals surface area contributed by atoms with Crippen molar-refractivity contribution in [2.45, 2.75) is 83.8 Å². The Kier molecular flexibility index (Phi) is 10.1. The van der Waals surface area contributed by atoms with Gasteiger partial charge in [-0.1, -0.05) is 61.6 Å². The Labute approximate surface area is 258 Å². The molecule has 44 heavy (non-hydrogen) atoms. The number of benzene rings is 1. The van der Waals surface area contributed by atoms with Gasteiger partial charge in [-0.2, -0.15) is 0 Å². The first-order valence-corrected chi connectivity index (χ1v) is 15.6. The quantitative estimate of drug-likeness (QED) is 0.346. The smallest absolute Gasteiger partial charge is 0.407 e. The third-order valence-electron chi connectivity index (χ3n) is 8.98. The van der Waals surface area contributed by atoms with Crippen molar-refractivity contribution in [3.63, 3.8) is 0 Å². The molecule has 3 N–H and O–H groups in total. The fourth-order valence-corrected chi connectivity index (χ4v) is 6.67. The number of aliphatic hydroxyl groups is 1. The second kappa shape index (κ2) is 14.2. The average Bonchev–Trinajstić information content (AvgIpc) is 3.47. The van der Waals surface area contributed by atoms with E-state index in [1.807, 2.05) is 24.3 Å². The van der Waals surface area contributed by atoms with Crippen LogP contribution in [0.15, 0.2) is 54.3 Å². The van der Waals surface area contributed by atoms with Crippen LogP contribution in [0.5, 0.6) is 0 Å². The summed E-state index contributed by atoms with van der Waals surface area (Å²) in [6.45, 7) is 5.10. The number of ether oxygens (including phenoxy) is 2. The molecule has 0 unspecified atom stereocenters. The van der Waals surface area contributed by atoms with Crippen molar-refractivity contribution in [1.29, 1.82) is 0 Å². The molecule has 2 heterocycles. The minimum atomic E-state index is -0.645. The number of carbonyl (C=O) groups excluding carboxylic acids is 3. The number of aryl methyl sites for hydroxylation is 1. The van der Waals surface area contributed by atoms with E-state index in [1.54, 1.807) is 17.9 Å². The molecular formula is C33H43N5O6. The van der Waals surface area contributed by atoms with E-state index in [0.717, 1.165) is 24.0 Å². The summed E-state index contributed by atoms with van der Waals surface area (Å²) < 4.78 is 13.3. The number of aromatic nitrogens is 3. The second-order valence-electron chi connectivity index (χ2n) is 12.4. The van der Waals surface area contributed by atoms with Crippen LogP contribution in [0.1, 0.15) is 57.9 Å². The number of carbonyl (C=O) groups is 3. The van der Waals surface area contributed by atoms with Gasteiger partial charge in [0.25, 0.3) is 0 Å². The summed E-state index contributed by atoms with van der Waals surface area (Å²) in [6.07, 6.45) is 9.92. The molecule has 236 valence electrons. The Morgan fingerprint density at radius 3 is 2.70 bits per heavy atom. The summed E-state index contributed by atoms with van der Waals surface area (Å²) in [6, 6.07) is 7.72. The van der Waals surface area contributed by atoms with Crippen LogP contribution in [0, 0.1) is 23.7 Å². The number of cyclic esters (lactones) is 1. The lowest BCUT2D eigenvalue weighted by molar-refractivity contribution is -0.160. The fourth-order valence-electron chi connectivity index (χ4n) is 6.67. The van der Waals surface area contributed by atoms with E-state index in [-0.39, 0.29) is 54.2 Å². The van der Waals surface area contributed by atoms with Crippen LogP contribution >= 0.6 is 0 Å². The molecule has 0 saturated carbocycles. The summed E-state index contributed by atoms with van der Waals surface area (Å²) in [5, 5.41) is 23.8. The van der Waals surface area contributed by atoms with E-state index >= 15 is 0 Å². The highest BCUT2D eigenvalue weighted by Crippen LogP contribution is 2.45. The van der Waals surface area contributed by atoms with Crippen LogP contribution in [0.2, 0.25) is 0 Å². The molecule has 1 saturated heterocycles. The molecule has 7 atom stereocenters. The van der Waals surface area contributed by atoms with Gasteiger partial charge in [-0.25, -0.2) is 4.79 Å². The zero-order valence-corrected chi connectivity index (χ0v) is 25.6. The fraction of sp³-hybridized carbons (Fsp3) is 0.545. The number of amides is 2. The number of rotatable bonds is 10. The van der Waals surface area contributed by atoms with E-state index < -0.39 is 12.2 Å². The van der Waals surface area contributed by atoms with Crippen LogP contribution in [-0.2, 0) is 32.2 Å². The summed E-state index contributed by atoms with van der Waals surface area (Å²) in [5.74, 6) is 0.449. The van der Waals surface area contributed by atoms with Gasteiger partial charge in [-0.05, 0) is 48.2 Å². The molecule has 1 aromatic heterocycles. The number of nitrogens with zero attached hydrogens (tertiary/aromatic N) is 3. The van der Waals surface area contributed by atoms with Gasteiger partial charge >= 0.3 is 12.1 Å². The number of allylic oxidation sites excluding steroid dienone is 3. The largest absolute Gasteiger partial charge is 0.462 e. The second-order valence-corrected chi connectivity index (χ2v) is 12.4. The van der Waals surface area contributed by atoms with Crippen LogP contribution in [-0.4, -0.2) is 63.4 Å². The van der Waals surface area contributed by atoms with E-state index in [1.165, 1.54) is 5.57 Å². The van der Waals surface area contributed by atoms with Gasteiger partial charge in [0.05, 0.1) is 25.3 Å². The van der Waals surface area contributed by atoms with E-state index in [9.17, 15) is 19.5 Å². The number of alkyl carbamates (subject to hydrolysis) is 1. The lowest BCUT2D eigenvalue weighted by Crippen LogP contribution is -2.43. The Hall–Kier alpha value is -3.99. The minimum absolute atomic E-state index is 0.0534. The van der Waals surface area contributed by atoms with E-state index in [2.05, 4.69) is 53.0 Å². The number of esters is 1. The maximum atomic E-state index is 13.0. The van der Waals surface area contributed by atoms with Crippen LogP contribution in [0.4, 0.5) is 4.79 Å². The molecule has 2 aliphatic carbocycles. The predicted octanol–water partition coefficient (Wildman–Crippen LogP) is 3.93. The Balaban J connectivity index is 1.16. The third kappa shape index (κ3) is 7.93. The van der Waals surface area contributed by atoms with Crippen molar-refractivity contribution < 1.29 is 29.0 Å². The molecule has 2 aromatic rings. The minimum Gasteiger partial charge on any atom is -0.462 e.